The van der Waals surface area contributed by atoms with Crippen molar-refractivity contribution in [3.05, 3.63) is 83.7 Å². The van der Waals surface area contributed by atoms with Gasteiger partial charge in [-0.25, -0.2) is 9.37 Å². The summed E-state index contributed by atoms with van der Waals surface area (Å²) in [7, 11) is 1.57. The lowest BCUT2D eigenvalue weighted by Gasteiger charge is -2.13. The predicted octanol–water partition coefficient (Wildman–Crippen LogP) is 3.90. The van der Waals surface area contributed by atoms with E-state index in [1.165, 1.54) is 24.5 Å². The molecule has 0 aliphatic carbocycles. The van der Waals surface area contributed by atoms with E-state index in [2.05, 4.69) is 20.6 Å². The van der Waals surface area contributed by atoms with Crippen LogP contribution in [0.3, 0.4) is 0 Å². The van der Waals surface area contributed by atoms with Gasteiger partial charge in [0, 0.05) is 32.5 Å². The third-order valence-electron chi connectivity index (χ3n) is 4.22. The second kappa shape index (κ2) is 8.76. The first-order valence-corrected chi connectivity index (χ1v) is 8.74. The minimum atomic E-state index is -4.35. The van der Waals surface area contributed by atoms with Crippen molar-refractivity contribution in [3.8, 4) is 5.69 Å². The largest absolute Gasteiger partial charge is 0.416 e. The minimum absolute atomic E-state index is 0.297. The minimum Gasteiger partial charge on any atom is -0.352 e. The highest BCUT2D eigenvalue weighted by atomic mass is 19.4. The average molecular weight is 405 g/mol. The van der Waals surface area contributed by atoms with Crippen molar-refractivity contribution in [2.75, 3.05) is 7.05 Å². The van der Waals surface area contributed by atoms with Gasteiger partial charge in [-0.2, -0.15) is 13.2 Å². The van der Waals surface area contributed by atoms with Crippen LogP contribution < -0.4 is 10.6 Å². The van der Waals surface area contributed by atoms with Crippen molar-refractivity contribution in [3.63, 3.8) is 0 Å². The average Bonchev–Trinajstić information content (AvgIpc) is 3.22. The molecule has 2 N–H and O–H groups in total. The van der Waals surface area contributed by atoms with Gasteiger partial charge in [-0.15, -0.1) is 0 Å². The lowest BCUT2D eigenvalue weighted by atomic mass is 10.1. The summed E-state index contributed by atoms with van der Waals surface area (Å²) in [6.07, 6.45) is 0.389. The molecule has 9 heteroatoms. The first-order valence-electron chi connectivity index (χ1n) is 8.74. The molecule has 0 saturated carbocycles. The van der Waals surface area contributed by atoms with Gasteiger partial charge in [-0.1, -0.05) is 18.2 Å². The third kappa shape index (κ3) is 5.34. The second-order valence-electron chi connectivity index (χ2n) is 6.23. The summed E-state index contributed by atoms with van der Waals surface area (Å²) in [5, 5.41) is 6.06. The maximum Gasteiger partial charge on any atom is 0.416 e. The molecule has 0 aliphatic heterocycles. The Morgan fingerprint density at radius 3 is 2.24 bits per heavy atom. The zero-order valence-electron chi connectivity index (χ0n) is 15.5. The number of aromatic nitrogens is 2. The zero-order chi connectivity index (χ0) is 20.9. The number of halogens is 4. The fourth-order valence-corrected chi connectivity index (χ4v) is 2.68. The topological polar surface area (TPSA) is 54.2 Å². The Balaban J connectivity index is 1.55. The fraction of sp³-hybridized carbons (Fsp3) is 0.200. The predicted molar refractivity (Wildman–Crippen MR) is 102 cm³/mol. The van der Waals surface area contributed by atoms with Crippen LogP contribution in [0.2, 0.25) is 0 Å². The van der Waals surface area contributed by atoms with Gasteiger partial charge in [0.2, 0.25) is 0 Å². The molecule has 5 nitrogen and oxygen atoms in total. The summed E-state index contributed by atoms with van der Waals surface area (Å²) < 4.78 is 53.7. The van der Waals surface area contributed by atoms with Crippen molar-refractivity contribution in [1.82, 2.24) is 20.2 Å². The van der Waals surface area contributed by atoms with Crippen molar-refractivity contribution >= 4 is 5.96 Å². The smallest absolute Gasteiger partial charge is 0.352 e. The molecular formula is C20H19F4N5. The molecule has 0 aliphatic rings. The Morgan fingerprint density at radius 1 is 1.03 bits per heavy atom. The molecule has 0 saturated heterocycles. The van der Waals surface area contributed by atoms with Crippen LogP contribution >= 0.6 is 0 Å². The molecule has 0 fully saturated rings. The van der Waals surface area contributed by atoms with E-state index in [9.17, 15) is 17.6 Å². The summed E-state index contributed by atoms with van der Waals surface area (Å²) in [4.78, 5) is 7.96. The van der Waals surface area contributed by atoms with Crippen LogP contribution in [0.4, 0.5) is 17.6 Å². The van der Waals surface area contributed by atoms with E-state index in [-0.39, 0.29) is 5.82 Å². The highest BCUT2D eigenvalue weighted by molar-refractivity contribution is 5.79. The molecular weight excluding hydrogens is 386 g/mol. The molecule has 0 radical (unpaired) electrons. The highest BCUT2D eigenvalue weighted by Gasteiger charge is 2.29. The van der Waals surface area contributed by atoms with Gasteiger partial charge >= 0.3 is 6.18 Å². The molecule has 0 unspecified atom stereocenters. The Labute approximate surface area is 165 Å². The van der Waals surface area contributed by atoms with Crippen LogP contribution in [0.5, 0.6) is 0 Å². The van der Waals surface area contributed by atoms with Crippen molar-refractivity contribution in [2.24, 2.45) is 4.99 Å². The summed E-state index contributed by atoms with van der Waals surface area (Å²) in [6, 6.07) is 9.77. The number of alkyl halides is 3. The van der Waals surface area contributed by atoms with Crippen LogP contribution in [0.25, 0.3) is 5.69 Å². The molecule has 0 atom stereocenters. The van der Waals surface area contributed by atoms with Gasteiger partial charge in [0.25, 0.3) is 0 Å². The normalized spacial score (nSPS) is 12.1. The first kappa shape index (κ1) is 20.4. The molecule has 1 heterocycles. The van der Waals surface area contributed by atoms with Crippen molar-refractivity contribution < 1.29 is 17.6 Å². The van der Waals surface area contributed by atoms with Gasteiger partial charge in [-0.05, 0) is 35.4 Å². The van der Waals surface area contributed by atoms with Gasteiger partial charge < -0.3 is 15.2 Å². The Hall–Kier alpha value is -3.36. The third-order valence-corrected chi connectivity index (χ3v) is 4.22. The molecule has 2 aromatic carbocycles. The number of rotatable bonds is 5. The van der Waals surface area contributed by atoms with E-state index in [1.807, 2.05) is 0 Å². The molecule has 0 spiro atoms. The summed E-state index contributed by atoms with van der Waals surface area (Å²) >= 11 is 0. The monoisotopic (exact) mass is 405 g/mol. The van der Waals surface area contributed by atoms with Crippen LogP contribution in [0, 0.1) is 5.82 Å². The Kier molecular flexibility index (Phi) is 6.16. The first-order chi connectivity index (χ1) is 13.9. The number of imidazole rings is 1. The summed E-state index contributed by atoms with van der Waals surface area (Å²) in [6.45, 7) is 0.625. The maximum absolute atomic E-state index is 14.3. The lowest BCUT2D eigenvalue weighted by Crippen LogP contribution is -2.36. The number of benzene rings is 2. The van der Waals surface area contributed by atoms with E-state index in [0.717, 1.165) is 12.1 Å². The molecule has 29 heavy (non-hydrogen) atoms. The van der Waals surface area contributed by atoms with Crippen LogP contribution in [-0.4, -0.2) is 22.6 Å². The Morgan fingerprint density at radius 2 is 1.69 bits per heavy atom. The van der Waals surface area contributed by atoms with Crippen LogP contribution in [-0.2, 0) is 19.3 Å². The van der Waals surface area contributed by atoms with E-state index < -0.39 is 11.7 Å². The lowest BCUT2D eigenvalue weighted by molar-refractivity contribution is -0.137. The van der Waals surface area contributed by atoms with E-state index in [4.69, 9.17) is 0 Å². The SMILES string of the molecule is CN=C(NCc1ccc(C(F)(F)F)cc1)NCc1ccc(-n2ccnc2)c(F)c1. The van der Waals surface area contributed by atoms with Gasteiger partial charge in [0.1, 0.15) is 5.82 Å². The summed E-state index contributed by atoms with van der Waals surface area (Å²) in [5.74, 6) is 0.0685. The second-order valence-corrected chi connectivity index (χ2v) is 6.23. The van der Waals surface area contributed by atoms with Crippen molar-refractivity contribution in [1.29, 1.82) is 0 Å². The molecule has 0 bridgehead atoms. The highest BCUT2D eigenvalue weighted by Crippen LogP contribution is 2.29. The number of aliphatic imine (C=N–C) groups is 1. The molecule has 3 rings (SSSR count). The molecule has 3 aromatic rings. The number of hydrogen-bond donors (Lipinski definition) is 2. The zero-order valence-corrected chi connectivity index (χ0v) is 15.5. The van der Waals surface area contributed by atoms with Crippen LogP contribution in [0.1, 0.15) is 16.7 Å². The quantitative estimate of drug-likeness (QED) is 0.385. The molecule has 152 valence electrons. The molecule has 1 aromatic heterocycles. The number of hydrogen-bond acceptors (Lipinski definition) is 2. The fourth-order valence-electron chi connectivity index (χ4n) is 2.68. The summed E-state index contributed by atoms with van der Waals surface area (Å²) in [5.41, 5.74) is 1.10. The standard InChI is InChI=1S/C20H19F4N5/c1-25-19(27-11-14-2-5-16(6-3-14)20(22,23)24)28-12-15-4-7-18(17(21)10-15)29-9-8-26-13-29/h2-10,13H,11-12H2,1H3,(H2,25,27,28). The van der Waals surface area contributed by atoms with E-state index >= 15 is 0 Å². The number of nitrogens with zero attached hydrogens (tertiary/aromatic N) is 3. The van der Waals surface area contributed by atoms with Gasteiger partial charge in [0.05, 0.1) is 17.6 Å². The van der Waals surface area contributed by atoms with Gasteiger partial charge in [0.15, 0.2) is 5.96 Å². The molecule has 0 amide bonds. The van der Waals surface area contributed by atoms with E-state index in [0.29, 0.717) is 35.9 Å². The van der Waals surface area contributed by atoms with E-state index in [1.54, 1.807) is 36.1 Å². The number of guanidine groups is 1. The van der Waals surface area contributed by atoms with Gasteiger partial charge in [-0.3, -0.25) is 4.99 Å². The maximum atomic E-state index is 14.3. The number of nitrogens with one attached hydrogen (secondary N) is 2. The Bertz CT molecular complexity index is 964. The van der Waals surface area contributed by atoms with Crippen molar-refractivity contribution in [2.45, 2.75) is 19.3 Å². The van der Waals surface area contributed by atoms with Crippen LogP contribution in [0.15, 0.2) is 66.2 Å².